The molecule has 3 aromatic carbocycles. The van der Waals surface area contributed by atoms with Crippen LogP contribution >= 0.6 is 0 Å². The standard InChI is InChI=1S/C25H23FN2O4S/c1-17-4-2-3-5-22(17)18-12-14-28(15-13-18)24-11-8-20(16-23(24)25(29)30)27-33(31,32)21-9-6-19(26)7-10-21/h2-12,16,27H,13-15H2,1H3,(H,29,30). The SMILES string of the molecule is Cc1ccccc1C1=CCN(c2ccc(NS(=O)(=O)c3ccc(F)cc3)cc2C(=O)O)CC1. The Bertz CT molecular complexity index is 1330. The lowest BCUT2D eigenvalue weighted by Gasteiger charge is -2.30. The van der Waals surface area contributed by atoms with Crippen molar-refractivity contribution in [2.45, 2.75) is 18.2 Å². The lowest BCUT2D eigenvalue weighted by atomic mass is 9.95. The monoisotopic (exact) mass is 466 g/mol. The van der Waals surface area contributed by atoms with Gasteiger partial charge in [-0.15, -0.1) is 0 Å². The van der Waals surface area contributed by atoms with Gasteiger partial charge in [-0.05, 0) is 72.5 Å². The van der Waals surface area contributed by atoms with Gasteiger partial charge >= 0.3 is 5.97 Å². The van der Waals surface area contributed by atoms with E-state index in [1.165, 1.54) is 28.8 Å². The van der Waals surface area contributed by atoms with Gasteiger partial charge in [-0.1, -0.05) is 30.3 Å². The van der Waals surface area contributed by atoms with Crippen molar-refractivity contribution in [3.63, 3.8) is 0 Å². The molecule has 0 radical (unpaired) electrons. The third kappa shape index (κ3) is 4.90. The zero-order valence-corrected chi connectivity index (χ0v) is 18.8. The molecule has 0 fully saturated rings. The Morgan fingerprint density at radius 3 is 2.42 bits per heavy atom. The molecule has 3 aromatic rings. The van der Waals surface area contributed by atoms with Crippen LogP contribution in [0.15, 0.2) is 77.7 Å². The highest BCUT2D eigenvalue weighted by Crippen LogP contribution is 2.31. The number of hydrogen-bond acceptors (Lipinski definition) is 4. The van der Waals surface area contributed by atoms with Gasteiger partial charge in [-0.25, -0.2) is 17.6 Å². The van der Waals surface area contributed by atoms with E-state index < -0.39 is 21.8 Å². The molecule has 170 valence electrons. The minimum absolute atomic E-state index is 0.00190. The number of nitrogens with one attached hydrogen (secondary N) is 1. The number of carbonyl (C=O) groups is 1. The fourth-order valence-electron chi connectivity index (χ4n) is 3.94. The summed E-state index contributed by atoms with van der Waals surface area (Å²) in [5.41, 5.74) is 4.26. The summed E-state index contributed by atoms with van der Waals surface area (Å²) in [6, 6.07) is 17.0. The third-order valence-electron chi connectivity index (χ3n) is 5.64. The molecule has 2 N–H and O–H groups in total. The molecule has 4 rings (SSSR count). The van der Waals surface area contributed by atoms with Crippen molar-refractivity contribution >= 4 is 32.9 Å². The van der Waals surface area contributed by atoms with E-state index in [9.17, 15) is 22.7 Å². The summed E-state index contributed by atoms with van der Waals surface area (Å²) in [5, 5.41) is 9.77. The average molecular weight is 467 g/mol. The van der Waals surface area contributed by atoms with Crippen LogP contribution in [0.5, 0.6) is 0 Å². The van der Waals surface area contributed by atoms with Crippen molar-refractivity contribution in [2.24, 2.45) is 0 Å². The second kappa shape index (κ2) is 9.07. The molecule has 1 aliphatic heterocycles. The Morgan fingerprint density at radius 1 is 1.06 bits per heavy atom. The van der Waals surface area contributed by atoms with E-state index in [0.29, 0.717) is 18.8 Å². The number of carboxylic acid groups (broad SMARTS) is 1. The third-order valence-corrected chi connectivity index (χ3v) is 7.04. The number of nitrogens with zero attached hydrogens (tertiary/aromatic N) is 1. The van der Waals surface area contributed by atoms with Crippen LogP contribution in [0.4, 0.5) is 15.8 Å². The molecule has 8 heteroatoms. The highest BCUT2D eigenvalue weighted by molar-refractivity contribution is 7.92. The smallest absolute Gasteiger partial charge is 0.337 e. The predicted octanol–water partition coefficient (Wildman–Crippen LogP) is 4.93. The number of sulfonamides is 1. The molecule has 0 saturated heterocycles. The fraction of sp³-hybridized carbons (Fsp3) is 0.160. The van der Waals surface area contributed by atoms with Crippen LogP contribution in [0.3, 0.4) is 0 Å². The van der Waals surface area contributed by atoms with E-state index in [1.54, 1.807) is 6.07 Å². The summed E-state index contributed by atoms with van der Waals surface area (Å²) >= 11 is 0. The molecule has 0 unspecified atom stereocenters. The van der Waals surface area contributed by atoms with Crippen molar-refractivity contribution in [1.82, 2.24) is 0 Å². The molecule has 0 aliphatic carbocycles. The number of aryl methyl sites for hydroxylation is 1. The summed E-state index contributed by atoms with van der Waals surface area (Å²) in [5.74, 6) is -1.70. The maximum Gasteiger partial charge on any atom is 0.337 e. The van der Waals surface area contributed by atoms with Crippen molar-refractivity contribution in [3.8, 4) is 0 Å². The van der Waals surface area contributed by atoms with Crippen molar-refractivity contribution in [1.29, 1.82) is 0 Å². The molecule has 33 heavy (non-hydrogen) atoms. The van der Waals surface area contributed by atoms with Gasteiger partial charge in [0.1, 0.15) is 5.82 Å². The summed E-state index contributed by atoms with van der Waals surface area (Å²) in [4.78, 5) is 13.8. The first-order chi connectivity index (χ1) is 15.7. The van der Waals surface area contributed by atoms with Gasteiger partial charge in [-0.3, -0.25) is 4.72 Å². The Kier molecular flexibility index (Phi) is 6.20. The molecule has 1 aliphatic rings. The summed E-state index contributed by atoms with van der Waals surface area (Å²) in [7, 11) is -3.98. The first-order valence-corrected chi connectivity index (χ1v) is 11.9. The van der Waals surface area contributed by atoms with Crippen LogP contribution in [-0.2, 0) is 10.0 Å². The molecule has 0 aromatic heterocycles. The van der Waals surface area contributed by atoms with Crippen LogP contribution < -0.4 is 9.62 Å². The van der Waals surface area contributed by atoms with Gasteiger partial charge in [0.15, 0.2) is 0 Å². The molecular weight excluding hydrogens is 443 g/mol. The zero-order valence-electron chi connectivity index (χ0n) is 18.0. The summed E-state index contributed by atoms with van der Waals surface area (Å²) in [6.45, 7) is 3.25. The fourth-order valence-corrected chi connectivity index (χ4v) is 4.99. The van der Waals surface area contributed by atoms with Crippen LogP contribution in [0.2, 0.25) is 0 Å². The number of carboxylic acids is 1. The maximum atomic E-state index is 13.1. The average Bonchev–Trinajstić information content (AvgIpc) is 2.79. The first-order valence-electron chi connectivity index (χ1n) is 10.4. The lowest BCUT2D eigenvalue weighted by Crippen LogP contribution is -2.30. The second-order valence-corrected chi connectivity index (χ2v) is 9.52. The van der Waals surface area contributed by atoms with Crippen molar-refractivity contribution < 1.29 is 22.7 Å². The predicted molar refractivity (Wildman–Crippen MR) is 127 cm³/mol. The highest BCUT2D eigenvalue weighted by atomic mass is 32.2. The summed E-state index contributed by atoms with van der Waals surface area (Å²) < 4.78 is 40.6. The number of benzene rings is 3. The van der Waals surface area contributed by atoms with Crippen LogP contribution in [0, 0.1) is 12.7 Å². The quantitative estimate of drug-likeness (QED) is 0.538. The topological polar surface area (TPSA) is 86.7 Å². The number of halogens is 1. The zero-order chi connectivity index (χ0) is 23.6. The molecule has 0 bridgehead atoms. The number of anilines is 2. The van der Waals surface area contributed by atoms with E-state index in [1.807, 2.05) is 17.0 Å². The highest BCUT2D eigenvalue weighted by Gasteiger charge is 2.22. The Labute approximate surface area is 192 Å². The number of aromatic carboxylic acids is 1. The molecule has 0 spiro atoms. The van der Waals surface area contributed by atoms with Crippen LogP contribution in [0.25, 0.3) is 5.57 Å². The normalized spacial score (nSPS) is 14.0. The van der Waals surface area contributed by atoms with Gasteiger partial charge < -0.3 is 10.0 Å². The maximum absolute atomic E-state index is 13.1. The van der Waals surface area contributed by atoms with E-state index in [4.69, 9.17) is 0 Å². The van der Waals surface area contributed by atoms with Gasteiger partial charge in [0, 0.05) is 18.8 Å². The van der Waals surface area contributed by atoms with E-state index in [0.717, 1.165) is 30.7 Å². The molecule has 0 amide bonds. The molecule has 0 saturated carbocycles. The summed E-state index contributed by atoms with van der Waals surface area (Å²) in [6.07, 6.45) is 2.87. The molecule has 1 heterocycles. The van der Waals surface area contributed by atoms with E-state index in [2.05, 4.69) is 29.9 Å². The minimum atomic E-state index is -3.98. The van der Waals surface area contributed by atoms with Crippen molar-refractivity contribution in [2.75, 3.05) is 22.7 Å². The lowest BCUT2D eigenvalue weighted by molar-refractivity contribution is 0.0697. The molecular formula is C25H23FN2O4S. The van der Waals surface area contributed by atoms with Crippen LogP contribution in [-0.4, -0.2) is 32.6 Å². The minimum Gasteiger partial charge on any atom is -0.478 e. The Balaban J connectivity index is 1.58. The number of hydrogen-bond donors (Lipinski definition) is 2. The van der Waals surface area contributed by atoms with Gasteiger partial charge in [0.25, 0.3) is 10.0 Å². The second-order valence-electron chi connectivity index (χ2n) is 7.84. The van der Waals surface area contributed by atoms with E-state index in [-0.39, 0.29) is 16.1 Å². The van der Waals surface area contributed by atoms with Crippen molar-refractivity contribution in [3.05, 3.63) is 95.3 Å². The van der Waals surface area contributed by atoms with Gasteiger partial charge in [-0.2, -0.15) is 0 Å². The van der Waals surface area contributed by atoms with Gasteiger partial charge in [0.05, 0.1) is 16.1 Å². The Hall–Kier alpha value is -3.65. The first kappa shape index (κ1) is 22.5. The Morgan fingerprint density at radius 2 is 1.79 bits per heavy atom. The molecule has 6 nitrogen and oxygen atoms in total. The molecule has 0 atom stereocenters. The van der Waals surface area contributed by atoms with E-state index >= 15 is 0 Å². The largest absolute Gasteiger partial charge is 0.478 e. The van der Waals surface area contributed by atoms with Crippen LogP contribution in [0.1, 0.15) is 27.9 Å². The number of rotatable bonds is 6. The van der Waals surface area contributed by atoms with Gasteiger partial charge in [0.2, 0.25) is 0 Å².